The molecule has 1 fully saturated rings. The molecule has 0 unspecified atom stereocenters. The number of hydrogen-bond acceptors (Lipinski definition) is 3. The van der Waals surface area contributed by atoms with Crippen LogP contribution in [0.2, 0.25) is 0 Å². The van der Waals surface area contributed by atoms with Gasteiger partial charge < -0.3 is 10.3 Å². The van der Waals surface area contributed by atoms with Gasteiger partial charge in [-0.3, -0.25) is 0 Å². The fourth-order valence-electron chi connectivity index (χ4n) is 2.88. The first-order valence-corrected chi connectivity index (χ1v) is 6.82. The summed E-state index contributed by atoms with van der Waals surface area (Å²) in [6, 6.07) is 8.57. The fourth-order valence-corrected chi connectivity index (χ4v) is 2.88. The molecule has 0 spiro atoms. The second-order valence-electron chi connectivity index (χ2n) is 5.74. The Hall–Kier alpha value is -1.84. The van der Waals surface area contributed by atoms with Gasteiger partial charge in [0.05, 0.1) is 5.41 Å². The van der Waals surface area contributed by atoms with Crippen molar-refractivity contribution < 1.29 is 0 Å². The average Bonchev–Trinajstić information content (AvgIpc) is 3.07. The molecule has 0 radical (unpaired) electrons. The first-order chi connectivity index (χ1) is 9.04. The summed E-state index contributed by atoms with van der Waals surface area (Å²) in [6.07, 6.45) is 2.28. The molecule has 0 saturated heterocycles. The van der Waals surface area contributed by atoms with Crippen molar-refractivity contribution in [2.24, 2.45) is 0 Å². The molecule has 1 saturated carbocycles. The first-order valence-electron chi connectivity index (χ1n) is 6.82. The molecular weight excluding hydrogens is 236 g/mol. The van der Waals surface area contributed by atoms with Crippen LogP contribution in [0, 0.1) is 6.92 Å². The monoisotopic (exact) mass is 256 g/mol. The summed E-state index contributed by atoms with van der Waals surface area (Å²) in [5, 5.41) is 8.73. The van der Waals surface area contributed by atoms with Crippen LogP contribution < -0.4 is 5.73 Å². The lowest BCUT2D eigenvalue weighted by Crippen LogP contribution is -2.18. The molecule has 0 bridgehead atoms. The van der Waals surface area contributed by atoms with Crippen molar-refractivity contribution in [2.45, 2.75) is 45.1 Å². The van der Waals surface area contributed by atoms with Crippen molar-refractivity contribution >= 4 is 5.69 Å². The fraction of sp³-hybridized carbons (Fsp3) is 0.467. The number of nitrogen functional groups attached to an aromatic ring is 1. The Kier molecular flexibility index (Phi) is 2.62. The number of aromatic nitrogens is 3. The number of nitrogens with two attached hydrogens (primary N) is 1. The van der Waals surface area contributed by atoms with Gasteiger partial charge in [-0.15, -0.1) is 10.2 Å². The van der Waals surface area contributed by atoms with Crippen molar-refractivity contribution in [3.8, 4) is 0 Å². The Labute approximate surface area is 113 Å². The van der Waals surface area contributed by atoms with E-state index in [1.807, 2.05) is 19.1 Å². The van der Waals surface area contributed by atoms with Crippen molar-refractivity contribution in [2.75, 3.05) is 5.73 Å². The van der Waals surface area contributed by atoms with E-state index in [1.165, 1.54) is 5.56 Å². The zero-order valence-corrected chi connectivity index (χ0v) is 11.7. The highest BCUT2D eigenvalue weighted by molar-refractivity contribution is 5.46. The molecule has 0 atom stereocenters. The van der Waals surface area contributed by atoms with Crippen LogP contribution in [0.25, 0.3) is 0 Å². The van der Waals surface area contributed by atoms with Gasteiger partial charge in [0.1, 0.15) is 11.6 Å². The Morgan fingerprint density at radius 1 is 1.16 bits per heavy atom. The minimum atomic E-state index is 0.0548. The minimum absolute atomic E-state index is 0.0548. The van der Waals surface area contributed by atoms with E-state index in [0.717, 1.165) is 30.2 Å². The van der Waals surface area contributed by atoms with Gasteiger partial charge in [-0.2, -0.15) is 0 Å². The number of aryl methyl sites for hydroxylation is 1. The molecule has 1 aliphatic rings. The molecule has 4 nitrogen and oxygen atoms in total. The Morgan fingerprint density at radius 2 is 1.79 bits per heavy atom. The highest BCUT2D eigenvalue weighted by atomic mass is 15.3. The Morgan fingerprint density at radius 3 is 2.32 bits per heavy atom. The van der Waals surface area contributed by atoms with Gasteiger partial charge in [0, 0.05) is 11.7 Å². The number of hydrogen-bond donors (Lipinski definition) is 1. The highest BCUT2D eigenvalue weighted by Gasteiger charge is 2.50. The van der Waals surface area contributed by atoms with Gasteiger partial charge in [-0.1, -0.05) is 12.1 Å². The highest BCUT2D eigenvalue weighted by Crippen LogP contribution is 2.53. The van der Waals surface area contributed by atoms with Crippen molar-refractivity contribution in [1.29, 1.82) is 0 Å². The van der Waals surface area contributed by atoms with Gasteiger partial charge in [0.25, 0.3) is 0 Å². The summed E-state index contributed by atoms with van der Waals surface area (Å²) in [4.78, 5) is 0. The number of benzene rings is 1. The molecule has 1 heterocycles. The first kappa shape index (κ1) is 12.2. The Balaban J connectivity index is 2.09. The van der Waals surface area contributed by atoms with E-state index in [-0.39, 0.29) is 5.41 Å². The summed E-state index contributed by atoms with van der Waals surface area (Å²) >= 11 is 0. The van der Waals surface area contributed by atoms with Gasteiger partial charge in [-0.25, -0.2) is 0 Å². The maximum atomic E-state index is 5.78. The van der Waals surface area contributed by atoms with E-state index in [1.54, 1.807) is 0 Å². The predicted octanol–water partition coefficient (Wildman–Crippen LogP) is 2.83. The third-order valence-corrected chi connectivity index (χ3v) is 4.02. The normalized spacial score (nSPS) is 16.8. The minimum Gasteiger partial charge on any atom is -0.399 e. The van der Waals surface area contributed by atoms with E-state index in [0.29, 0.717) is 6.04 Å². The van der Waals surface area contributed by atoms with E-state index in [9.17, 15) is 0 Å². The van der Waals surface area contributed by atoms with Gasteiger partial charge in [-0.05, 0) is 51.3 Å². The van der Waals surface area contributed by atoms with E-state index in [2.05, 4.69) is 40.7 Å². The molecule has 19 heavy (non-hydrogen) atoms. The average molecular weight is 256 g/mol. The second-order valence-corrected chi connectivity index (χ2v) is 5.74. The van der Waals surface area contributed by atoms with Crippen LogP contribution in [0.4, 0.5) is 5.69 Å². The smallest absolute Gasteiger partial charge is 0.143 e. The summed E-state index contributed by atoms with van der Waals surface area (Å²) in [7, 11) is 0. The molecule has 1 aromatic heterocycles. The molecule has 2 aromatic rings. The van der Waals surface area contributed by atoms with Crippen molar-refractivity contribution in [3.05, 3.63) is 41.5 Å². The maximum Gasteiger partial charge on any atom is 0.143 e. The number of anilines is 1. The predicted molar refractivity (Wildman–Crippen MR) is 76.0 cm³/mol. The standard InChI is InChI=1S/C15H20N4/c1-10(2)19-11(3)17-18-14(19)15(8-9-15)12-4-6-13(16)7-5-12/h4-7,10H,8-9,16H2,1-3H3. The molecule has 0 amide bonds. The van der Waals surface area contributed by atoms with Crippen LogP contribution in [0.15, 0.2) is 24.3 Å². The molecule has 3 rings (SSSR count). The molecular formula is C15H20N4. The quantitative estimate of drug-likeness (QED) is 0.859. The van der Waals surface area contributed by atoms with Crippen LogP contribution in [0.1, 0.15) is 49.9 Å². The zero-order valence-electron chi connectivity index (χ0n) is 11.7. The number of nitrogens with zero attached hydrogens (tertiary/aromatic N) is 3. The number of rotatable bonds is 3. The third-order valence-electron chi connectivity index (χ3n) is 4.02. The van der Waals surface area contributed by atoms with Crippen LogP contribution in [-0.4, -0.2) is 14.8 Å². The summed E-state index contributed by atoms with van der Waals surface area (Å²) < 4.78 is 2.25. The van der Waals surface area contributed by atoms with E-state index < -0.39 is 0 Å². The van der Waals surface area contributed by atoms with E-state index in [4.69, 9.17) is 5.73 Å². The molecule has 1 aliphatic carbocycles. The van der Waals surface area contributed by atoms with Crippen LogP contribution in [0.5, 0.6) is 0 Å². The SMILES string of the molecule is Cc1nnc(C2(c3ccc(N)cc3)CC2)n1C(C)C. The topological polar surface area (TPSA) is 56.7 Å². The van der Waals surface area contributed by atoms with Crippen LogP contribution >= 0.6 is 0 Å². The van der Waals surface area contributed by atoms with Crippen molar-refractivity contribution in [3.63, 3.8) is 0 Å². The lowest BCUT2D eigenvalue weighted by atomic mass is 9.94. The largest absolute Gasteiger partial charge is 0.399 e. The van der Waals surface area contributed by atoms with Crippen molar-refractivity contribution in [1.82, 2.24) is 14.8 Å². The zero-order chi connectivity index (χ0) is 13.6. The summed E-state index contributed by atoms with van der Waals surface area (Å²) in [6.45, 7) is 6.38. The van der Waals surface area contributed by atoms with Crippen LogP contribution in [0.3, 0.4) is 0 Å². The maximum absolute atomic E-state index is 5.78. The second kappa shape index (κ2) is 4.08. The molecule has 0 aliphatic heterocycles. The summed E-state index contributed by atoms with van der Waals surface area (Å²) in [5.41, 5.74) is 7.94. The molecule has 4 heteroatoms. The summed E-state index contributed by atoms with van der Waals surface area (Å²) in [5.74, 6) is 2.09. The molecule has 1 aromatic carbocycles. The lowest BCUT2D eigenvalue weighted by molar-refractivity contribution is 0.532. The Bertz CT molecular complexity index is 591. The van der Waals surface area contributed by atoms with Gasteiger partial charge >= 0.3 is 0 Å². The van der Waals surface area contributed by atoms with Gasteiger partial charge in [0.15, 0.2) is 0 Å². The molecule has 2 N–H and O–H groups in total. The lowest BCUT2D eigenvalue weighted by Gasteiger charge is -2.20. The van der Waals surface area contributed by atoms with Crippen LogP contribution in [-0.2, 0) is 5.41 Å². The van der Waals surface area contributed by atoms with Gasteiger partial charge in [0.2, 0.25) is 0 Å². The third kappa shape index (κ3) is 1.82. The molecule has 100 valence electrons. The van der Waals surface area contributed by atoms with E-state index >= 15 is 0 Å².